The molecule has 5 rings (SSSR count). The fraction of sp³-hybridized carbons (Fsp3) is 0.200. The molecule has 2 aliphatic heterocycles. The molecule has 31 heavy (non-hydrogen) atoms. The molecular weight excluding hydrogens is 395 g/mol. The number of halogens is 1. The van der Waals surface area contributed by atoms with Gasteiger partial charge in [-0.2, -0.15) is 0 Å². The van der Waals surface area contributed by atoms with Crippen LogP contribution in [0.4, 0.5) is 4.39 Å². The smallest absolute Gasteiger partial charge is 0.256 e. The van der Waals surface area contributed by atoms with Gasteiger partial charge in [0, 0.05) is 35.3 Å². The van der Waals surface area contributed by atoms with Crippen molar-refractivity contribution in [2.75, 3.05) is 19.7 Å². The van der Waals surface area contributed by atoms with Crippen LogP contribution >= 0.6 is 0 Å². The number of amides is 2. The third kappa shape index (κ3) is 2.75. The molecule has 1 fully saturated rings. The molecule has 2 aliphatic rings. The zero-order valence-electron chi connectivity index (χ0n) is 17.0. The number of benzene rings is 3. The predicted octanol–water partition coefficient (Wildman–Crippen LogP) is 4.04. The lowest BCUT2D eigenvalue weighted by Gasteiger charge is -2.40. The van der Waals surface area contributed by atoms with Gasteiger partial charge in [0.05, 0.1) is 6.61 Å². The van der Waals surface area contributed by atoms with Gasteiger partial charge in [0.2, 0.25) is 0 Å². The van der Waals surface area contributed by atoms with E-state index < -0.39 is 11.5 Å². The van der Waals surface area contributed by atoms with E-state index >= 15 is 0 Å². The van der Waals surface area contributed by atoms with E-state index in [0.717, 1.165) is 16.9 Å². The molecule has 5 nitrogen and oxygen atoms in total. The van der Waals surface area contributed by atoms with Gasteiger partial charge in [-0.15, -0.1) is 0 Å². The van der Waals surface area contributed by atoms with Crippen molar-refractivity contribution in [2.45, 2.75) is 12.6 Å². The number of carbonyl (C=O) groups is 2. The van der Waals surface area contributed by atoms with Gasteiger partial charge in [0.15, 0.2) is 5.66 Å². The Bertz CT molecular complexity index is 1160. The van der Waals surface area contributed by atoms with E-state index in [9.17, 15) is 14.0 Å². The summed E-state index contributed by atoms with van der Waals surface area (Å²) in [7, 11) is 0. The van der Waals surface area contributed by atoms with Crippen LogP contribution < -0.4 is 4.74 Å². The molecule has 6 heteroatoms. The monoisotopic (exact) mass is 416 g/mol. The molecule has 0 spiro atoms. The van der Waals surface area contributed by atoms with Gasteiger partial charge in [-0.1, -0.05) is 30.3 Å². The maximum Gasteiger partial charge on any atom is 0.256 e. The van der Waals surface area contributed by atoms with Crippen LogP contribution in [0.25, 0.3) is 0 Å². The molecular formula is C25H21FN2O3. The topological polar surface area (TPSA) is 49.9 Å². The fourth-order valence-corrected chi connectivity index (χ4v) is 4.74. The van der Waals surface area contributed by atoms with Crippen molar-refractivity contribution >= 4 is 11.8 Å². The second-order valence-electron chi connectivity index (χ2n) is 7.60. The van der Waals surface area contributed by atoms with Gasteiger partial charge in [-0.3, -0.25) is 9.59 Å². The number of hydrogen-bond donors (Lipinski definition) is 0. The molecule has 0 saturated carbocycles. The van der Waals surface area contributed by atoms with Crippen molar-refractivity contribution in [3.8, 4) is 5.75 Å². The highest BCUT2D eigenvalue weighted by molar-refractivity contribution is 6.03. The molecule has 2 heterocycles. The molecule has 3 aromatic rings. The highest BCUT2D eigenvalue weighted by atomic mass is 19.1. The molecule has 1 unspecified atom stereocenters. The molecule has 3 aromatic carbocycles. The Morgan fingerprint density at radius 2 is 1.71 bits per heavy atom. The molecule has 1 atom stereocenters. The molecule has 0 radical (unpaired) electrons. The van der Waals surface area contributed by atoms with Crippen molar-refractivity contribution in [2.24, 2.45) is 0 Å². The zero-order chi connectivity index (χ0) is 21.6. The lowest BCUT2D eigenvalue weighted by atomic mass is 9.89. The van der Waals surface area contributed by atoms with Gasteiger partial charge < -0.3 is 14.5 Å². The number of fused-ring (bicyclic) bond motifs is 3. The van der Waals surface area contributed by atoms with Crippen LogP contribution in [0.2, 0.25) is 0 Å². The predicted molar refractivity (Wildman–Crippen MR) is 113 cm³/mol. The maximum absolute atomic E-state index is 13.6. The van der Waals surface area contributed by atoms with Crippen molar-refractivity contribution in [3.63, 3.8) is 0 Å². The van der Waals surface area contributed by atoms with Crippen LogP contribution in [0.15, 0.2) is 72.8 Å². The normalized spacial score (nSPS) is 19.4. The van der Waals surface area contributed by atoms with E-state index in [1.54, 1.807) is 15.9 Å². The summed E-state index contributed by atoms with van der Waals surface area (Å²) in [4.78, 5) is 30.4. The maximum atomic E-state index is 13.6. The summed E-state index contributed by atoms with van der Waals surface area (Å²) < 4.78 is 19.0. The molecule has 0 N–H and O–H groups in total. The number of nitrogens with zero attached hydrogens (tertiary/aromatic N) is 2. The summed E-state index contributed by atoms with van der Waals surface area (Å²) in [6.45, 7) is 3.25. The summed E-state index contributed by atoms with van der Waals surface area (Å²) in [6.07, 6.45) is 0. The summed E-state index contributed by atoms with van der Waals surface area (Å²) in [5.41, 5.74) is 1.50. The standard InChI is InChI=1S/C25H21FN2O3/c1-2-31-20-13-9-18(10-14-20)25-22-6-4-3-5-21(22)24(30)28(25)16-15-27(25)23(29)17-7-11-19(26)12-8-17/h3-14H,2,15-16H2,1H3. The third-order valence-corrected chi connectivity index (χ3v) is 6.01. The Labute approximate surface area is 179 Å². The van der Waals surface area contributed by atoms with E-state index in [-0.39, 0.29) is 11.8 Å². The summed E-state index contributed by atoms with van der Waals surface area (Å²) in [5, 5.41) is 0. The molecule has 0 bridgehead atoms. The van der Waals surface area contributed by atoms with Crippen molar-refractivity contribution in [1.29, 1.82) is 0 Å². The van der Waals surface area contributed by atoms with Gasteiger partial charge >= 0.3 is 0 Å². The van der Waals surface area contributed by atoms with Crippen molar-refractivity contribution < 1.29 is 18.7 Å². The average molecular weight is 416 g/mol. The van der Waals surface area contributed by atoms with E-state index in [2.05, 4.69) is 0 Å². The number of hydrogen-bond acceptors (Lipinski definition) is 3. The Hall–Kier alpha value is -3.67. The summed E-state index contributed by atoms with van der Waals surface area (Å²) >= 11 is 0. The first kappa shape index (κ1) is 19.3. The van der Waals surface area contributed by atoms with Crippen LogP contribution in [-0.2, 0) is 5.66 Å². The first-order valence-corrected chi connectivity index (χ1v) is 10.3. The highest BCUT2D eigenvalue weighted by Crippen LogP contribution is 2.50. The third-order valence-electron chi connectivity index (χ3n) is 6.01. The molecule has 2 amide bonds. The van der Waals surface area contributed by atoms with Gasteiger partial charge in [-0.05, 0) is 49.4 Å². The van der Waals surface area contributed by atoms with E-state index in [1.165, 1.54) is 24.3 Å². The minimum Gasteiger partial charge on any atom is -0.494 e. The van der Waals surface area contributed by atoms with Crippen molar-refractivity contribution in [3.05, 3.63) is 101 Å². The molecule has 156 valence electrons. The molecule has 1 saturated heterocycles. The summed E-state index contributed by atoms with van der Waals surface area (Å²) in [6, 6.07) is 20.5. The van der Waals surface area contributed by atoms with Gasteiger partial charge in [0.25, 0.3) is 11.8 Å². The second-order valence-corrected chi connectivity index (χ2v) is 7.60. The van der Waals surface area contributed by atoms with Gasteiger partial charge in [-0.25, -0.2) is 4.39 Å². The minimum atomic E-state index is -1.05. The lowest BCUT2D eigenvalue weighted by molar-refractivity contribution is 0.0375. The number of carbonyl (C=O) groups excluding carboxylic acids is 2. The molecule has 0 aromatic heterocycles. The Morgan fingerprint density at radius 1 is 1.00 bits per heavy atom. The van der Waals surface area contributed by atoms with Crippen LogP contribution in [0.5, 0.6) is 5.75 Å². The first-order valence-electron chi connectivity index (χ1n) is 10.3. The first-order chi connectivity index (χ1) is 15.1. The van der Waals surface area contributed by atoms with Crippen molar-refractivity contribution in [1.82, 2.24) is 9.80 Å². The Morgan fingerprint density at radius 3 is 2.42 bits per heavy atom. The fourth-order valence-electron chi connectivity index (χ4n) is 4.74. The van der Waals surface area contributed by atoms with Crippen LogP contribution in [0.1, 0.15) is 38.8 Å². The van der Waals surface area contributed by atoms with Crippen LogP contribution in [0.3, 0.4) is 0 Å². The Balaban J connectivity index is 1.70. The highest BCUT2D eigenvalue weighted by Gasteiger charge is 2.59. The van der Waals surface area contributed by atoms with Crippen LogP contribution in [-0.4, -0.2) is 41.3 Å². The van der Waals surface area contributed by atoms with Crippen LogP contribution in [0, 0.1) is 5.82 Å². The molecule has 0 aliphatic carbocycles. The largest absolute Gasteiger partial charge is 0.494 e. The Kier molecular flexibility index (Phi) is 4.50. The quantitative estimate of drug-likeness (QED) is 0.645. The number of rotatable bonds is 4. The van der Waals surface area contributed by atoms with Gasteiger partial charge in [0.1, 0.15) is 11.6 Å². The van der Waals surface area contributed by atoms with E-state index in [1.807, 2.05) is 49.4 Å². The van der Waals surface area contributed by atoms with E-state index in [0.29, 0.717) is 30.8 Å². The summed E-state index contributed by atoms with van der Waals surface area (Å²) in [5.74, 6) is -0.0248. The van der Waals surface area contributed by atoms with E-state index in [4.69, 9.17) is 4.74 Å². The SMILES string of the molecule is CCOc1ccc(C23c4ccccc4C(=O)N2CCN3C(=O)c2ccc(F)cc2)cc1. The average Bonchev–Trinajstić information content (AvgIpc) is 3.30. The zero-order valence-corrected chi connectivity index (χ0v) is 17.0. The second kappa shape index (κ2) is 7.23. The lowest BCUT2D eigenvalue weighted by Crippen LogP contribution is -2.51. The minimum absolute atomic E-state index is 0.0982. The number of ether oxygens (including phenoxy) is 1.